The third kappa shape index (κ3) is 13.7. The molecule has 0 aromatic rings. The number of unbranched alkanes of at least 4 members (excludes halogenated alkanes) is 2. The van der Waals surface area contributed by atoms with Gasteiger partial charge in [-0.15, -0.1) is 31.4 Å². The number of hydrogen-bond acceptors (Lipinski definition) is 2. The number of carbonyl (C=O) groups excluding carboxylic acids is 1. The zero-order valence-electron chi connectivity index (χ0n) is 10.6. The minimum absolute atomic E-state index is 0. The molecule has 0 heterocycles. The van der Waals surface area contributed by atoms with Crippen LogP contribution in [-0.4, -0.2) is 18.5 Å². The van der Waals surface area contributed by atoms with E-state index in [1.54, 1.807) is 0 Å². The molecule has 3 nitrogen and oxygen atoms in total. The number of allylic oxidation sites excluding steroid dienone is 1. The molecule has 0 saturated carbocycles. The molecule has 1 unspecified atom stereocenters. The van der Waals surface area contributed by atoms with Gasteiger partial charge < -0.3 is 11.1 Å². The molecule has 0 aromatic heterocycles. The van der Waals surface area contributed by atoms with Crippen molar-refractivity contribution < 1.29 is 4.79 Å². The molecule has 17 heavy (non-hydrogen) atoms. The van der Waals surface area contributed by atoms with Gasteiger partial charge in [0.25, 0.3) is 0 Å². The normalized spacial score (nSPS) is 10.7. The van der Waals surface area contributed by atoms with Crippen LogP contribution in [0.15, 0.2) is 12.7 Å². The summed E-state index contributed by atoms with van der Waals surface area (Å²) in [6.07, 6.45) is 7.44. The standard InChI is InChI=1S/C12H24N2O.2ClH/c1-3-5-7-9-12(15)14-11(10-13)8-6-4-2;;/h3,11H,1,4-10,13H2,2H3,(H,14,15);2*1H. The van der Waals surface area contributed by atoms with Gasteiger partial charge in [0.15, 0.2) is 0 Å². The lowest BCUT2D eigenvalue weighted by atomic mass is 10.1. The van der Waals surface area contributed by atoms with Crippen LogP contribution in [0, 0.1) is 0 Å². The quantitative estimate of drug-likeness (QED) is 0.505. The van der Waals surface area contributed by atoms with Crippen molar-refractivity contribution in [2.45, 2.75) is 51.5 Å². The average molecular weight is 285 g/mol. The third-order valence-corrected chi connectivity index (χ3v) is 2.37. The number of hydrogen-bond donors (Lipinski definition) is 2. The number of nitrogens with two attached hydrogens (primary N) is 1. The topological polar surface area (TPSA) is 55.1 Å². The van der Waals surface area contributed by atoms with Gasteiger partial charge in [0.1, 0.15) is 0 Å². The Bertz CT molecular complexity index is 189. The summed E-state index contributed by atoms with van der Waals surface area (Å²) in [7, 11) is 0. The first-order valence-electron chi connectivity index (χ1n) is 5.84. The van der Waals surface area contributed by atoms with Crippen LogP contribution in [0.2, 0.25) is 0 Å². The van der Waals surface area contributed by atoms with E-state index in [0.717, 1.165) is 32.1 Å². The second-order valence-electron chi connectivity index (χ2n) is 3.82. The Labute approximate surface area is 117 Å². The SMILES string of the molecule is C=CCCCC(=O)NC(CN)CCCC.Cl.Cl. The van der Waals surface area contributed by atoms with Crippen molar-refractivity contribution in [2.75, 3.05) is 6.54 Å². The van der Waals surface area contributed by atoms with E-state index in [4.69, 9.17) is 5.73 Å². The molecule has 0 radical (unpaired) electrons. The van der Waals surface area contributed by atoms with Crippen molar-refractivity contribution >= 4 is 30.7 Å². The Balaban J connectivity index is -0.000000980. The first kappa shape index (κ1) is 22.0. The lowest BCUT2D eigenvalue weighted by molar-refractivity contribution is -0.121. The summed E-state index contributed by atoms with van der Waals surface area (Å²) in [6, 6.07) is 0.154. The molecule has 0 fully saturated rings. The molecule has 1 atom stereocenters. The molecule has 1 amide bonds. The van der Waals surface area contributed by atoms with Crippen LogP contribution < -0.4 is 11.1 Å². The number of halogens is 2. The summed E-state index contributed by atoms with van der Waals surface area (Å²) >= 11 is 0. The van der Waals surface area contributed by atoms with E-state index in [0.29, 0.717) is 13.0 Å². The predicted octanol–water partition coefficient (Wildman–Crippen LogP) is 2.82. The number of nitrogens with one attached hydrogen (secondary N) is 1. The van der Waals surface area contributed by atoms with E-state index in [2.05, 4.69) is 18.8 Å². The lowest BCUT2D eigenvalue weighted by Crippen LogP contribution is -2.40. The Morgan fingerprint density at radius 1 is 1.41 bits per heavy atom. The minimum atomic E-state index is 0. The van der Waals surface area contributed by atoms with Crippen LogP contribution in [0.4, 0.5) is 0 Å². The van der Waals surface area contributed by atoms with E-state index < -0.39 is 0 Å². The fraction of sp³-hybridized carbons (Fsp3) is 0.750. The van der Waals surface area contributed by atoms with Gasteiger partial charge in [-0.25, -0.2) is 0 Å². The van der Waals surface area contributed by atoms with Crippen molar-refractivity contribution in [3.63, 3.8) is 0 Å². The van der Waals surface area contributed by atoms with Crippen molar-refractivity contribution in [2.24, 2.45) is 5.73 Å². The van der Waals surface area contributed by atoms with Crippen LogP contribution in [-0.2, 0) is 4.79 Å². The van der Waals surface area contributed by atoms with Gasteiger partial charge in [-0.3, -0.25) is 4.79 Å². The zero-order chi connectivity index (χ0) is 11.5. The van der Waals surface area contributed by atoms with Crippen LogP contribution in [0.25, 0.3) is 0 Å². The van der Waals surface area contributed by atoms with Crippen LogP contribution in [0.1, 0.15) is 45.4 Å². The maximum Gasteiger partial charge on any atom is 0.220 e. The summed E-state index contributed by atoms with van der Waals surface area (Å²) in [5, 5.41) is 2.96. The number of amides is 1. The Kier molecular flexibility index (Phi) is 20.4. The highest BCUT2D eigenvalue weighted by Gasteiger charge is 2.09. The van der Waals surface area contributed by atoms with E-state index >= 15 is 0 Å². The molecule has 0 aliphatic carbocycles. The summed E-state index contributed by atoms with van der Waals surface area (Å²) < 4.78 is 0. The van der Waals surface area contributed by atoms with Crippen molar-refractivity contribution in [1.82, 2.24) is 5.32 Å². The van der Waals surface area contributed by atoms with Gasteiger partial charge in [0.2, 0.25) is 5.91 Å². The summed E-state index contributed by atoms with van der Waals surface area (Å²) in [6.45, 7) is 6.30. The molecule has 5 heteroatoms. The van der Waals surface area contributed by atoms with Gasteiger partial charge in [0.05, 0.1) is 0 Å². The van der Waals surface area contributed by atoms with Crippen LogP contribution in [0.3, 0.4) is 0 Å². The predicted molar refractivity (Wildman–Crippen MR) is 79.1 cm³/mol. The fourth-order valence-electron chi connectivity index (χ4n) is 1.41. The van der Waals surface area contributed by atoms with E-state index in [1.807, 2.05) is 6.08 Å². The smallest absolute Gasteiger partial charge is 0.220 e. The zero-order valence-corrected chi connectivity index (χ0v) is 12.2. The van der Waals surface area contributed by atoms with Crippen LogP contribution in [0.5, 0.6) is 0 Å². The van der Waals surface area contributed by atoms with E-state index in [1.165, 1.54) is 0 Å². The fourth-order valence-corrected chi connectivity index (χ4v) is 1.41. The molecular weight excluding hydrogens is 259 g/mol. The Morgan fingerprint density at radius 2 is 2.06 bits per heavy atom. The van der Waals surface area contributed by atoms with E-state index in [-0.39, 0.29) is 36.8 Å². The summed E-state index contributed by atoms with van der Waals surface area (Å²) in [5.74, 6) is 0.114. The first-order valence-corrected chi connectivity index (χ1v) is 5.84. The summed E-state index contributed by atoms with van der Waals surface area (Å²) in [5.41, 5.74) is 5.59. The molecule has 104 valence electrons. The van der Waals surface area contributed by atoms with Crippen molar-refractivity contribution in [1.29, 1.82) is 0 Å². The van der Waals surface area contributed by atoms with Gasteiger partial charge in [-0.1, -0.05) is 25.8 Å². The maximum atomic E-state index is 11.4. The lowest BCUT2D eigenvalue weighted by Gasteiger charge is -2.16. The van der Waals surface area contributed by atoms with Crippen molar-refractivity contribution in [3.8, 4) is 0 Å². The average Bonchev–Trinajstić information content (AvgIpc) is 2.24. The highest BCUT2D eigenvalue weighted by molar-refractivity contribution is 5.85. The number of rotatable bonds is 9. The molecule has 0 aromatic carbocycles. The molecule has 0 aliphatic heterocycles. The Hall–Kier alpha value is -0.250. The van der Waals surface area contributed by atoms with Gasteiger partial charge >= 0.3 is 0 Å². The highest BCUT2D eigenvalue weighted by atomic mass is 35.5. The van der Waals surface area contributed by atoms with Gasteiger partial charge in [0, 0.05) is 19.0 Å². The highest BCUT2D eigenvalue weighted by Crippen LogP contribution is 2.01. The third-order valence-electron chi connectivity index (χ3n) is 2.37. The molecule has 0 aliphatic rings. The molecule has 0 saturated heterocycles. The monoisotopic (exact) mass is 284 g/mol. The van der Waals surface area contributed by atoms with Gasteiger partial charge in [-0.2, -0.15) is 0 Å². The second-order valence-corrected chi connectivity index (χ2v) is 3.82. The molecule has 0 bridgehead atoms. The maximum absolute atomic E-state index is 11.4. The largest absolute Gasteiger partial charge is 0.352 e. The molecule has 3 N–H and O–H groups in total. The molecule has 0 rings (SSSR count). The summed E-state index contributed by atoms with van der Waals surface area (Å²) in [4.78, 5) is 11.4. The molecule has 0 spiro atoms. The van der Waals surface area contributed by atoms with Crippen molar-refractivity contribution in [3.05, 3.63) is 12.7 Å². The first-order chi connectivity index (χ1) is 7.24. The minimum Gasteiger partial charge on any atom is -0.352 e. The molecular formula is C12H26Cl2N2O. The van der Waals surface area contributed by atoms with Gasteiger partial charge in [-0.05, 0) is 19.3 Å². The van der Waals surface area contributed by atoms with E-state index in [9.17, 15) is 4.79 Å². The number of carbonyl (C=O) groups is 1. The second kappa shape index (κ2) is 15.8. The van der Waals surface area contributed by atoms with Crippen LogP contribution >= 0.6 is 24.8 Å². The Morgan fingerprint density at radius 3 is 2.53 bits per heavy atom.